The Bertz CT molecular complexity index is 518. The number of amides is 1. The van der Waals surface area contributed by atoms with Gasteiger partial charge >= 0.3 is 11.1 Å². The number of aromatic amines is 1. The van der Waals surface area contributed by atoms with Gasteiger partial charge in [-0.2, -0.15) is 5.10 Å². The van der Waals surface area contributed by atoms with Crippen molar-refractivity contribution in [3.8, 4) is 0 Å². The smallest absolute Gasteiger partial charge is 0.330 e. The molecule has 2 N–H and O–H groups in total. The number of H-pyrrole nitrogens is 1. The summed E-state index contributed by atoms with van der Waals surface area (Å²) in [6.07, 6.45) is 2.35. The lowest BCUT2D eigenvalue weighted by atomic mass is 10.4. The van der Waals surface area contributed by atoms with Gasteiger partial charge in [0.25, 0.3) is 0 Å². The Kier molecular flexibility index (Phi) is 5.94. The first-order valence-electron chi connectivity index (χ1n) is 6.14. The van der Waals surface area contributed by atoms with Crippen molar-refractivity contribution in [3.05, 3.63) is 27.0 Å². The van der Waals surface area contributed by atoms with E-state index in [9.17, 15) is 14.4 Å². The van der Waals surface area contributed by atoms with Gasteiger partial charge in [-0.1, -0.05) is 13.8 Å². The van der Waals surface area contributed by atoms with Gasteiger partial charge in [0.05, 0.1) is 6.54 Å². The number of likely N-dealkylation sites (N-methyl/N-ethyl adjacent to an activating group) is 1. The second-order valence-electron chi connectivity index (χ2n) is 3.92. The largest absolute Gasteiger partial charge is 0.353 e. The van der Waals surface area contributed by atoms with Gasteiger partial charge in [-0.3, -0.25) is 23.9 Å². The highest BCUT2D eigenvalue weighted by molar-refractivity contribution is 5.77. The van der Waals surface area contributed by atoms with Crippen LogP contribution in [0, 0.1) is 6.33 Å². The van der Waals surface area contributed by atoms with Crippen molar-refractivity contribution in [2.75, 3.05) is 26.2 Å². The molecule has 0 aliphatic carbocycles. The van der Waals surface area contributed by atoms with Gasteiger partial charge < -0.3 is 5.32 Å². The van der Waals surface area contributed by atoms with E-state index in [-0.39, 0.29) is 19.0 Å². The quantitative estimate of drug-likeness (QED) is 0.568. The van der Waals surface area contributed by atoms with Gasteiger partial charge in [-0.15, -0.1) is 0 Å². The fraction of sp³-hybridized carbons (Fsp3) is 0.636. The Labute approximate surface area is 110 Å². The third-order valence-corrected chi connectivity index (χ3v) is 2.69. The molecule has 0 fully saturated rings. The molecule has 0 aliphatic rings. The molecule has 8 nitrogen and oxygen atoms in total. The second-order valence-corrected chi connectivity index (χ2v) is 3.92. The first kappa shape index (κ1) is 15.1. The molecule has 0 atom stereocenters. The molecule has 1 amide bonds. The molecule has 0 aromatic carbocycles. The van der Waals surface area contributed by atoms with Gasteiger partial charge in [0.2, 0.25) is 12.2 Å². The Morgan fingerprint density at radius 2 is 2.11 bits per heavy atom. The third-order valence-electron chi connectivity index (χ3n) is 2.69. The molecule has 0 unspecified atom stereocenters. The summed E-state index contributed by atoms with van der Waals surface area (Å²) in [5.74, 6) is -0.116. The van der Waals surface area contributed by atoms with Gasteiger partial charge in [0, 0.05) is 13.1 Å². The monoisotopic (exact) mass is 268 g/mol. The van der Waals surface area contributed by atoms with Crippen LogP contribution in [0.3, 0.4) is 0 Å². The number of nitrogens with zero attached hydrogens (tertiary/aromatic N) is 3. The van der Waals surface area contributed by atoms with Crippen molar-refractivity contribution in [3.63, 3.8) is 0 Å². The highest BCUT2D eigenvalue weighted by atomic mass is 16.2. The Hall–Kier alpha value is -1.96. The van der Waals surface area contributed by atoms with E-state index in [0.29, 0.717) is 6.54 Å². The van der Waals surface area contributed by atoms with Crippen molar-refractivity contribution in [2.24, 2.45) is 0 Å². The number of hydrogen-bond acceptors (Lipinski definition) is 5. The topological polar surface area (TPSA) is 100 Å². The Morgan fingerprint density at radius 3 is 2.74 bits per heavy atom. The summed E-state index contributed by atoms with van der Waals surface area (Å²) in [6, 6.07) is 0. The van der Waals surface area contributed by atoms with Gasteiger partial charge in [0.1, 0.15) is 0 Å². The minimum absolute atomic E-state index is 0.116. The first-order valence-corrected chi connectivity index (χ1v) is 6.14. The fourth-order valence-electron chi connectivity index (χ4n) is 1.52. The van der Waals surface area contributed by atoms with E-state index in [2.05, 4.69) is 16.7 Å². The SMILES string of the molecule is CCN(CC)CC(=O)NCCn1[c]n[nH]c(=O)c1=O. The summed E-state index contributed by atoms with van der Waals surface area (Å²) < 4.78 is 1.04. The van der Waals surface area contributed by atoms with E-state index in [0.717, 1.165) is 17.7 Å². The van der Waals surface area contributed by atoms with Crippen LogP contribution >= 0.6 is 0 Å². The van der Waals surface area contributed by atoms with Crippen LogP contribution in [0.4, 0.5) is 0 Å². The van der Waals surface area contributed by atoms with Crippen LogP contribution in [0.25, 0.3) is 0 Å². The van der Waals surface area contributed by atoms with Crippen LogP contribution in [0.2, 0.25) is 0 Å². The summed E-state index contributed by atoms with van der Waals surface area (Å²) in [5.41, 5.74) is -1.53. The maximum Gasteiger partial charge on any atom is 0.330 e. The van der Waals surface area contributed by atoms with Crippen LogP contribution in [0.1, 0.15) is 13.8 Å². The minimum Gasteiger partial charge on any atom is -0.353 e. The highest BCUT2D eigenvalue weighted by Gasteiger charge is 2.07. The predicted octanol–water partition coefficient (Wildman–Crippen LogP) is -1.81. The zero-order valence-corrected chi connectivity index (χ0v) is 11.1. The molecule has 0 spiro atoms. The van der Waals surface area contributed by atoms with Crippen LogP contribution in [0.15, 0.2) is 9.59 Å². The average Bonchev–Trinajstić information content (AvgIpc) is 2.41. The number of hydrogen-bond donors (Lipinski definition) is 2. The zero-order chi connectivity index (χ0) is 14.3. The van der Waals surface area contributed by atoms with Crippen LogP contribution in [0.5, 0.6) is 0 Å². The molecule has 1 rings (SSSR count). The number of rotatable bonds is 7. The molecule has 105 valence electrons. The van der Waals surface area contributed by atoms with Gasteiger partial charge in [-0.25, -0.2) is 5.10 Å². The normalized spacial score (nSPS) is 10.7. The van der Waals surface area contributed by atoms with Gasteiger partial charge in [-0.05, 0) is 13.1 Å². The van der Waals surface area contributed by atoms with E-state index in [1.54, 1.807) is 0 Å². The molecule has 0 aliphatic heterocycles. The second kappa shape index (κ2) is 7.47. The molecule has 1 heterocycles. The zero-order valence-electron chi connectivity index (χ0n) is 11.1. The number of aromatic nitrogens is 3. The lowest BCUT2D eigenvalue weighted by Crippen LogP contribution is -2.41. The van der Waals surface area contributed by atoms with Gasteiger partial charge in [0.15, 0.2) is 0 Å². The van der Waals surface area contributed by atoms with E-state index in [1.165, 1.54) is 0 Å². The molecule has 1 aromatic rings. The molecule has 0 bridgehead atoms. The van der Waals surface area contributed by atoms with E-state index in [1.807, 2.05) is 23.8 Å². The van der Waals surface area contributed by atoms with E-state index < -0.39 is 11.1 Å². The number of nitrogens with one attached hydrogen (secondary N) is 2. The van der Waals surface area contributed by atoms with Crippen molar-refractivity contribution in [1.82, 2.24) is 25.0 Å². The van der Waals surface area contributed by atoms with Crippen LogP contribution in [-0.4, -0.2) is 51.8 Å². The molecule has 19 heavy (non-hydrogen) atoms. The average molecular weight is 268 g/mol. The highest BCUT2D eigenvalue weighted by Crippen LogP contribution is 1.85. The maximum atomic E-state index is 11.6. The standard InChI is InChI=1S/C11H18N5O3/c1-3-15(4-2)7-9(17)12-5-6-16-8-13-14-10(18)11(16)19/h3-7H2,1-2H3,(H,12,17)(H,14,18). The molecular formula is C11H18N5O3. The number of carbonyl (C=O) groups is 1. The summed E-state index contributed by atoms with van der Waals surface area (Å²) >= 11 is 0. The van der Waals surface area contributed by atoms with E-state index in [4.69, 9.17) is 0 Å². The molecule has 0 saturated heterocycles. The molecular weight excluding hydrogens is 250 g/mol. The molecule has 1 aromatic heterocycles. The minimum atomic E-state index is -0.798. The summed E-state index contributed by atoms with van der Waals surface area (Å²) in [7, 11) is 0. The number of carbonyl (C=O) groups excluding carboxylic acids is 1. The van der Waals surface area contributed by atoms with Crippen molar-refractivity contribution >= 4 is 5.91 Å². The molecule has 1 radical (unpaired) electrons. The Balaban J connectivity index is 2.42. The van der Waals surface area contributed by atoms with Crippen molar-refractivity contribution in [1.29, 1.82) is 0 Å². The maximum absolute atomic E-state index is 11.6. The lowest BCUT2D eigenvalue weighted by Gasteiger charge is -2.17. The van der Waals surface area contributed by atoms with Crippen molar-refractivity contribution in [2.45, 2.75) is 20.4 Å². The summed E-state index contributed by atoms with van der Waals surface area (Å²) in [5, 5.41) is 8.07. The fourth-order valence-corrected chi connectivity index (χ4v) is 1.52. The molecule has 8 heteroatoms. The summed E-state index contributed by atoms with van der Waals surface area (Å²) in [4.78, 5) is 35.9. The predicted molar refractivity (Wildman–Crippen MR) is 68.8 cm³/mol. The van der Waals surface area contributed by atoms with Crippen LogP contribution < -0.4 is 16.4 Å². The van der Waals surface area contributed by atoms with E-state index >= 15 is 0 Å². The van der Waals surface area contributed by atoms with Crippen LogP contribution in [-0.2, 0) is 11.3 Å². The first-order chi connectivity index (χ1) is 9.08. The Morgan fingerprint density at radius 1 is 1.42 bits per heavy atom. The lowest BCUT2D eigenvalue weighted by molar-refractivity contribution is -0.122. The van der Waals surface area contributed by atoms with Crippen molar-refractivity contribution < 1.29 is 4.79 Å². The molecule has 0 saturated carbocycles. The summed E-state index contributed by atoms with van der Waals surface area (Å²) in [6.45, 7) is 6.30. The third kappa shape index (κ3) is 4.66.